The van der Waals surface area contributed by atoms with E-state index in [2.05, 4.69) is 10.6 Å². The molecule has 0 heterocycles. The molecule has 0 amide bonds. The third-order valence-electron chi connectivity index (χ3n) is 2.61. The van der Waals surface area contributed by atoms with Gasteiger partial charge in [-0.15, -0.1) is 0 Å². The first-order valence-electron chi connectivity index (χ1n) is 6.04. The van der Waals surface area contributed by atoms with Crippen LogP contribution >= 0.6 is 23.8 Å². The Bertz CT molecular complexity index is 599. The van der Waals surface area contributed by atoms with Crippen LogP contribution in [0.15, 0.2) is 54.6 Å². The van der Waals surface area contributed by atoms with Crippen LogP contribution in [0.5, 0.6) is 0 Å². The molecule has 0 spiro atoms. The molecule has 0 saturated heterocycles. The van der Waals surface area contributed by atoms with Crippen LogP contribution in [0.4, 0.5) is 5.69 Å². The van der Waals surface area contributed by atoms with Gasteiger partial charge < -0.3 is 10.6 Å². The van der Waals surface area contributed by atoms with E-state index in [9.17, 15) is 4.79 Å². The molecule has 0 bridgehead atoms. The van der Waals surface area contributed by atoms with Crippen molar-refractivity contribution in [2.24, 2.45) is 0 Å². The number of Topliss-reactive ketones (excluding diaryl/α,β-unsaturated/α-hetero) is 1. The third kappa shape index (κ3) is 4.33. The highest BCUT2D eigenvalue weighted by atomic mass is 35.5. The van der Waals surface area contributed by atoms with Gasteiger partial charge in [-0.3, -0.25) is 4.79 Å². The van der Waals surface area contributed by atoms with E-state index < -0.39 is 0 Å². The molecule has 102 valence electrons. The van der Waals surface area contributed by atoms with Crippen molar-refractivity contribution in [3.8, 4) is 0 Å². The van der Waals surface area contributed by atoms with Gasteiger partial charge in [0.15, 0.2) is 10.9 Å². The molecule has 2 aromatic carbocycles. The lowest BCUT2D eigenvalue weighted by Crippen LogP contribution is -2.33. The zero-order valence-electron chi connectivity index (χ0n) is 10.6. The molecular formula is C15H13ClN2OS. The van der Waals surface area contributed by atoms with Crippen molar-refractivity contribution >= 4 is 40.4 Å². The summed E-state index contributed by atoms with van der Waals surface area (Å²) in [7, 11) is 0. The van der Waals surface area contributed by atoms with Gasteiger partial charge in [0.2, 0.25) is 0 Å². The number of halogens is 1. The van der Waals surface area contributed by atoms with Crippen molar-refractivity contribution in [2.45, 2.75) is 0 Å². The molecule has 5 heteroatoms. The second-order valence-corrected chi connectivity index (χ2v) is 4.95. The van der Waals surface area contributed by atoms with E-state index in [-0.39, 0.29) is 12.3 Å². The van der Waals surface area contributed by atoms with E-state index in [0.717, 1.165) is 5.69 Å². The van der Waals surface area contributed by atoms with Crippen molar-refractivity contribution in [2.75, 3.05) is 11.9 Å². The molecule has 0 aliphatic heterocycles. The maximum Gasteiger partial charge on any atom is 0.181 e. The fourth-order valence-corrected chi connectivity index (χ4v) is 1.91. The number of carbonyl (C=O) groups is 1. The molecule has 3 nitrogen and oxygen atoms in total. The predicted molar refractivity (Wildman–Crippen MR) is 86.4 cm³/mol. The number of hydrogen-bond donors (Lipinski definition) is 2. The summed E-state index contributed by atoms with van der Waals surface area (Å²) in [5.41, 5.74) is 1.48. The van der Waals surface area contributed by atoms with Gasteiger partial charge in [-0.2, -0.15) is 0 Å². The number of ketones is 1. The van der Waals surface area contributed by atoms with Gasteiger partial charge in [0.05, 0.1) is 6.54 Å². The second kappa shape index (κ2) is 7.03. The number of hydrogen-bond acceptors (Lipinski definition) is 2. The number of para-hydroxylation sites is 1. The first kappa shape index (κ1) is 14.5. The Morgan fingerprint density at radius 2 is 1.70 bits per heavy atom. The molecule has 0 aliphatic carbocycles. The molecule has 0 aliphatic rings. The van der Waals surface area contributed by atoms with Gasteiger partial charge in [0, 0.05) is 16.3 Å². The van der Waals surface area contributed by atoms with Gasteiger partial charge in [-0.25, -0.2) is 0 Å². The van der Waals surface area contributed by atoms with E-state index in [1.165, 1.54) is 0 Å². The SMILES string of the molecule is O=C(CNC(=S)Nc1ccccc1)c1ccc(Cl)cc1. The van der Waals surface area contributed by atoms with Crippen molar-refractivity contribution in [3.05, 3.63) is 65.2 Å². The highest BCUT2D eigenvalue weighted by molar-refractivity contribution is 7.80. The molecule has 2 aromatic rings. The molecule has 0 unspecified atom stereocenters. The predicted octanol–water partition coefficient (Wildman–Crippen LogP) is 3.51. The lowest BCUT2D eigenvalue weighted by atomic mass is 10.1. The first-order valence-corrected chi connectivity index (χ1v) is 6.82. The minimum Gasteiger partial charge on any atom is -0.355 e. The Morgan fingerprint density at radius 1 is 1.05 bits per heavy atom. The van der Waals surface area contributed by atoms with Gasteiger partial charge >= 0.3 is 0 Å². The number of nitrogens with one attached hydrogen (secondary N) is 2. The molecule has 0 atom stereocenters. The zero-order chi connectivity index (χ0) is 14.4. The highest BCUT2D eigenvalue weighted by Gasteiger charge is 2.06. The standard InChI is InChI=1S/C15H13ClN2OS/c16-12-8-6-11(7-9-12)14(19)10-17-15(20)18-13-4-2-1-3-5-13/h1-9H,10H2,(H2,17,18,20). The van der Waals surface area contributed by atoms with Crippen molar-refractivity contribution in [3.63, 3.8) is 0 Å². The van der Waals surface area contributed by atoms with Crippen LogP contribution in [0.3, 0.4) is 0 Å². The van der Waals surface area contributed by atoms with Crippen molar-refractivity contribution < 1.29 is 4.79 Å². The Morgan fingerprint density at radius 3 is 2.35 bits per heavy atom. The topological polar surface area (TPSA) is 41.1 Å². The van der Waals surface area contributed by atoms with E-state index in [1.807, 2.05) is 30.3 Å². The zero-order valence-corrected chi connectivity index (χ0v) is 12.2. The summed E-state index contributed by atoms with van der Waals surface area (Å²) in [5, 5.41) is 6.91. The number of anilines is 1. The Hall–Kier alpha value is -1.91. The summed E-state index contributed by atoms with van der Waals surface area (Å²) in [4.78, 5) is 11.9. The summed E-state index contributed by atoms with van der Waals surface area (Å²) in [6, 6.07) is 16.3. The Kier molecular flexibility index (Phi) is 5.09. The van der Waals surface area contributed by atoms with Gasteiger partial charge in [0.1, 0.15) is 0 Å². The van der Waals surface area contributed by atoms with Crippen LogP contribution in [0.1, 0.15) is 10.4 Å². The molecule has 0 radical (unpaired) electrons. The molecule has 20 heavy (non-hydrogen) atoms. The van der Waals surface area contributed by atoms with Crippen molar-refractivity contribution in [1.29, 1.82) is 0 Å². The minimum absolute atomic E-state index is 0.0427. The average Bonchev–Trinajstić information content (AvgIpc) is 2.46. The van der Waals surface area contributed by atoms with E-state index in [0.29, 0.717) is 15.7 Å². The quantitative estimate of drug-likeness (QED) is 0.670. The summed E-state index contributed by atoms with van der Waals surface area (Å²) < 4.78 is 0. The summed E-state index contributed by atoms with van der Waals surface area (Å²) in [5.74, 6) is -0.0427. The number of carbonyl (C=O) groups excluding carboxylic acids is 1. The van der Waals surface area contributed by atoms with E-state index in [1.54, 1.807) is 24.3 Å². The van der Waals surface area contributed by atoms with Crippen LogP contribution < -0.4 is 10.6 Å². The molecule has 2 rings (SSSR count). The fourth-order valence-electron chi connectivity index (χ4n) is 1.60. The summed E-state index contributed by atoms with van der Waals surface area (Å²) in [6.07, 6.45) is 0. The maximum atomic E-state index is 11.9. The second-order valence-electron chi connectivity index (χ2n) is 4.10. The molecule has 0 aromatic heterocycles. The number of rotatable bonds is 4. The average molecular weight is 305 g/mol. The van der Waals surface area contributed by atoms with Crippen molar-refractivity contribution in [1.82, 2.24) is 5.32 Å². The normalized spacial score (nSPS) is 9.85. The van der Waals surface area contributed by atoms with Gasteiger partial charge in [0.25, 0.3) is 0 Å². The van der Waals surface area contributed by atoms with Gasteiger partial charge in [-0.1, -0.05) is 29.8 Å². The van der Waals surface area contributed by atoms with Crippen LogP contribution in [-0.2, 0) is 0 Å². The third-order valence-corrected chi connectivity index (χ3v) is 3.11. The molecular weight excluding hydrogens is 292 g/mol. The van der Waals surface area contributed by atoms with E-state index >= 15 is 0 Å². The smallest absolute Gasteiger partial charge is 0.181 e. The molecule has 2 N–H and O–H groups in total. The highest BCUT2D eigenvalue weighted by Crippen LogP contribution is 2.09. The molecule has 0 saturated carbocycles. The lowest BCUT2D eigenvalue weighted by molar-refractivity contribution is 0.0996. The first-order chi connectivity index (χ1) is 9.65. The lowest BCUT2D eigenvalue weighted by Gasteiger charge is -2.09. The van der Waals surface area contributed by atoms with Crippen LogP contribution in [0.25, 0.3) is 0 Å². The van der Waals surface area contributed by atoms with E-state index in [4.69, 9.17) is 23.8 Å². The fraction of sp³-hybridized carbons (Fsp3) is 0.0667. The van der Waals surface area contributed by atoms with Gasteiger partial charge in [-0.05, 0) is 48.6 Å². The largest absolute Gasteiger partial charge is 0.355 e. The maximum absolute atomic E-state index is 11.9. The Labute approximate surface area is 128 Å². The Balaban J connectivity index is 1.84. The minimum atomic E-state index is -0.0427. The van der Waals surface area contributed by atoms with Crippen LogP contribution in [0.2, 0.25) is 5.02 Å². The monoisotopic (exact) mass is 304 g/mol. The van der Waals surface area contributed by atoms with Crippen LogP contribution in [0, 0.1) is 0 Å². The summed E-state index contributed by atoms with van der Waals surface area (Å²) >= 11 is 10.9. The number of thiocarbonyl (C=S) groups is 1. The summed E-state index contributed by atoms with van der Waals surface area (Å²) in [6.45, 7) is 0.139. The molecule has 0 fully saturated rings. The number of benzene rings is 2. The van der Waals surface area contributed by atoms with Crippen LogP contribution in [-0.4, -0.2) is 17.4 Å².